The minimum absolute atomic E-state index is 0.862. The van der Waals surface area contributed by atoms with Crippen LogP contribution < -0.4 is 30.1 Å². The summed E-state index contributed by atoms with van der Waals surface area (Å²) in [5, 5.41) is 3.99. The Hall–Kier alpha value is -3.29. The Bertz CT molecular complexity index is 1010. The Morgan fingerprint density at radius 2 is 0.812 bits per heavy atom. The van der Waals surface area contributed by atoms with E-state index >= 15 is 0 Å². The van der Waals surface area contributed by atoms with Crippen molar-refractivity contribution >= 4 is 23.2 Å². The molecule has 0 aliphatic rings. The van der Waals surface area contributed by atoms with E-state index in [2.05, 4.69) is 103 Å². The summed E-state index contributed by atoms with van der Waals surface area (Å²) in [7, 11) is 2.68. The summed E-state index contributed by atoms with van der Waals surface area (Å²) >= 11 is 0. The Kier molecular flexibility index (Phi) is 6.78. The van der Waals surface area contributed by atoms with E-state index in [-0.39, 0.29) is 0 Å². The number of benzene rings is 4. The molecule has 0 spiro atoms. The van der Waals surface area contributed by atoms with Gasteiger partial charge in [-0.3, -0.25) is 0 Å². The average molecular weight is 445 g/mol. The van der Waals surface area contributed by atoms with Gasteiger partial charge in [-0.25, -0.2) is 0 Å². The van der Waals surface area contributed by atoms with Crippen LogP contribution in [0.2, 0.25) is 0 Å². The van der Waals surface area contributed by atoms with Crippen LogP contribution in [0.5, 0.6) is 17.2 Å². The molecule has 4 rings (SSSR count). The first-order chi connectivity index (χ1) is 15.7. The molecule has 4 aromatic rings. The van der Waals surface area contributed by atoms with Crippen LogP contribution in [0.1, 0.15) is 5.56 Å². The van der Waals surface area contributed by atoms with Crippen LogP contribution in [0, 0.1) is 0 Å². The first-order valence-electron chi connectivity index (χ1n) is 10.7. The molecule has 0 fully saturated rings. The molecule has 164 valence electrons. The molecule has 0 aliphatic carbocycles. The number of ether oxygens (including phenoxy) is 3. The zero-order valence-electron chi connectivity index (χ0n) is 18.7. The molecular weight excluding hydrogens is 415 g/mol. The summed E-state index contributed by atoms with van der Waals surface area (Å²) in [5.41, 5.74) is 1.32. The molecule has 0 atom stereocenters. The fraction of sp³-hybridized carbons (Fsp3) is 0.143. The van der Waals surface area contributed by atoms with Crippen molar-refractivity contribution in [2.75, 3.05) is 21.3 Å². The third-order valence-corrected chi connectivity index (χ3v) is 11.0. The molecule has 0 N–H and O–H groups in total. The molecule has 0 bridgehead atoms. The van der Waals surface area contributed by atoms with Crippen molar-refractivity contribution in [3.05, 3.63) is 109 Å². The molecule has 4 aromatic carbocycles. The van der Waals surface area contributed by atoms with Crippen molar-refractivity contribution in [1.29, 1.82) is 0 Å². The van der Waals surface area contributed by atoms with E-state index < -0.39 is 7.26 Å². The number of hydrogen-bond acceptors (Lipinski definition) is 3. The van der Waals surface area contributed by atoms with E-state index in [1.807, 2.05) is 0 Å². The van der Waals surface area contributed by atoms with Crippen LogP contribution in [0.25, 0.3) is 0 Å². The zero-order chi connectivity index (χ0) is 22.4. The van der Waals surface area contributed by atoms with Crippen molar-refractivity contribution in [2.45, 2.75) is 6.16 Å². The van der Waals surface area contributed by atoms with E-state index in [1.54, 1.807) is 21.3 Å². The quantitative estimate of drug-likeness (QED) is 0.361. The second-order valence-electron chi connectivity index (χ2n) is 7.75. The van der Waals surface area contributed by atoms with Crippen LogP contribution in [-0.4, -0.2) is 21.3 Å². The van der Waals surface area contributed by atoms with Gasteiger partial charge in [-0.05, 0) is 0 Å². The predicted octanol–water partition coefficient (Wildman–Crippen LogP) is 4.94. The normalized spacial score (nSPS) is 11.6. The first-order valence-corrected chi connectivity index (χ1v) is 12.9. The van der Waals surface area contributed by atoms with Gasteiger partial charge in [0, 0.05) is 0 Å². The molecule has 3 nitrogen and oxygen atoms in total. The van der Waals surface area contributed by atoms with Gasteiger partial charge < -0.3 is 0 Å². The van der Waals surface area contributed by atoms with Gasteiger partial charge in [0.1, 0.15) is 0 Å². The summed E-state index contributed by atoms with van der Waals surface area (Å²) in [6, 6.07) is 36.5. The van der Waals surface area contributed by atoms with Crippen molar-refractivity contribution in [1.82, 2.24) is 0 Å². The minimum atomic E-state index is -2.44. The van der Waals surface area contributed by atoms with Crippen LogP contribution in [0.3, 0.4) is 0 Å². The fourth-order valence-electron chi connectivity index (χ4n) is 4.33. The Morgan fingerprint density at radius 1 is 0.469 bits per heavy atom. The maximum atomic E-state index is 5.45. The first kappa shape index (κ1) is 21.9. The van der Waals surface area contributed by atoms with Crippen molar-refractivity contribution in [2.24, 2.45) is 0 Å². The molecule has 0 amide bonds. The molecule has 0 unspecified atom stereocenters. The maximum absolute atomic E-state index is 5.45. The third kappa shape index (κ3) is 4.35. The van der Waals surface area contributed by atoms with E-state index in [9.17, 15) is 0 Å². The summed E-state index contributed by atoms with van der Waals surface area (Å²) in [6.45, 7) is 0. The van der Waals surface area contributed by atoms with Gasteiger partial charge in [-0.1, -0.05) is 0 Å². The topological polar surface area (TPSA) is 27.7 Å². The van der Waals surface area contributed by atoms with Gasteiger partial charge >= 0.3 is 191 Å². The van der Waals surface area contributed by atoms with E-state index in [4.69, 9.17) is 14.2 Å². The fourth-order valence-corrected chi connectivity index (χ4v) is 9.00. The molecule has 0 heterocycles. The summed E-state index contributed by atoms with van der Waals surface area (Å²) < 4.78 is 16.4. The molecule has 0 aromatic heterocycles. The van der Waals surface area contributed by atoms with Crippen LogP contribution >= 0.6 is 7.26 Å². The number of rotatable bonds is 8. The molecule has 0 radical (unpaired) electrons. The Labute approximate surface area is 190 Å². The SMILES string of the molecule is COc1ccc([PH](Cc2ccccc2)(c2ccc(OC)cc2)c2ccc(OC)cc2)cc1. The summed E-state index contributed by atoms with van der Waals surface area (Å²) in [4.78, 5) is 0. The van der Waals surface area contributed by atoms with Gasteiger partial charge in [0.05, 0.1) is 0 Å². The molecule has 4 heteroatoms. The van der Waals surface area contributed by atoms with Gasteiger partial charge in [0.2, 0.25) is 0 Å². The average Bonchev–Trinajstić information content (AvgIpc) is 2.88. The van der Waals surface area contributed by atoms with Crippen LogP contribution in [0.4, 0.5) is 0 Å². The zero-order valence-corrected chi connectivity index (χ0v) is 19.7. The van der Waals surface area contributed by atoms with E-state index in [0.717, 1.165) is 23.4 Å². The molecule has 0 saturated heterocycles. The summed E-state index contributed by atoms with van der Waals surface area (Å²) in [5.74, 6) is 2.59. The van der Waals surface area contributed by atoms with Crippen molar-refractivity contribution in [3.8, 4) is 17.2 Å². The monoisotopic (exact) mass is 444 g/mol. The number of hydrogen-bond donors (Lipinski definition) is 0. The Balaban J connectivity index is 1.98. The Morgan fingerprint density at radius 3 is 1.12 bits per heavy atom. The van der Waals surface area contributed by atoms with Crippen molar-refractivity contribution < 1.29 is 14.2 Å². The van der Waals surface area contributed by atoms with Gasteiger partial charge in [-0.15, -0.1) is 0 Å². The second-order valence-corrected chi connectivity index (χ2v) is 11.6. The third-order valence-electron chi connectivity index (χ3n) is 6.06. The molecular formula is C28H29O3P. The second kappa shape index (κ2) is 9.89. The van der Waals surface area contributed by atoms with Gasteiger partial charge in [-0.2, -0.15) is 0 Å². The van der Waals surface area contributed by atoms with Gasteiger partial charge in [0.25, 0.3) is 0 Å². The van der Waals surface area contributed by atoms with Crippen molar-refractivity contribution in [3.63, 3.8) is 0 Å². The van der Waals surface area contributed by atoms with Crippen LogP contribution in [-0.2, 0) is 6.16 Å². The van der Waals surface area contributed by atoms with E-state index in [0.29, 0.717) is 0 Å². The predicted molar refractivity (Wildman–Crippen MR) is 136 cm³/mol. The standard InChI is InChI=1S/C28H29O3P/c1-29-23-9-15-26(16-10-23)32(21-22-7-5-4-6-8-22,27-17-11-24(30-2)12-18-27)28-19-13-25(31-3)14-20-28/h4-20,32H,21H2,1-3H3. The molecule has 0 saturated carbocycles. The van der Waals surface area contributed by atoms with Gasteiger partial charge in [0.15, 0.2) is 0 Å². The summed E-state index contributed by atoms with van der Waals surface area (Å²) in [6.07, 6.45) is 0.943. The van der Waals surface area contributed by atoms with E-state index in [1.165, 1.54) is 21.5 Å². The molecule has 0 aliphatic heterocycles. The number of methoxy groups -OCH3 is 3. The van der Waals surface area contributed by atoms with Crippen LogP contribution in [0.15, 0.2) is 103 Å². The molecule has 32 heavy (non-hydrogen) atoms.